The summed E-state index contributed by atoms with van der Waals surface area (Å²) < 4.78 is 7.58. The molecule has 1 aliphatic heterocycles. The highest BCUT2D eigenvalue weighted by atomic mass is 35.5. The number of hydrogen-bond acceptors (Lipinski definition) is 5. The van der Waals surface area contributed by atoms with Crippen molar-refractivity contribution >= 4 is 17.5 Å². The molecule has 0 saturated carbocycles. The van der Waals surface area contributed by atoms with Gasteiger partial charge in [-0.25, -0.2) is 4.68 Å². The van der Waals surface area contributed by atoms with Gasteiger partial charge in [-0.05, 0) is 48.5 Å². The first kappa shape index (κ1) is 23.1. The number of benzene rings is 2. The highest BCUT2D eigenvalue weighted by Crippen LogP contribution is 2.25. The molecule has 0 N–H and O–H groups in total. The number of piperazine rings is 1. The van der Waals surface area contributed by atoms with Gasteiger partial charge in [0.2, 0.25) is 0 Å². The van der Waals surface area contributed by atoms with Crippen molar-refractivity contribution in [2.24, 2.45) is 0 Å². The van der Waals surface area contributed by atoms with Gasteiger partial charge in [0.05, 0.1) is 11.3 Å². The number of para-hydroxylation sites is 1. The predicted octanol–water partition coefficient (Wildman–Crippen LogP) is 4.42. The molecular formula is C27H26ClN5O2. The minimum absolute atomic E-state index is 0.0110. The topological polar surface area (TPSA) is 63.5 Å². The van der Waals surface area contributed by atoms with Gasteiger partial charge >= 0.3 is 0 Å². The van der Waals surface area contributed by atoms with E-state index in [0.29, 0.717) is 36.0 Å². The van der Waals surface area contributed by atoms with Crippen LogP contribution in [-0.4, -0.2) is 69.8 Å². The standard InChI is InChI=1S/C27H26ClN5O2/c28-22-8-10-24(11-9-22)35-18-17-31-13-15-32(16-14-31)27(34)25-20-33(23-6-2-1-3-7-23)30-26(25)21-5-4-12-29-19-21/h1-12,19-20H,13-18H2. The third kappa shape index (κ3) is 5.53. The number of ether oxygens (including phenoxy) is 1. The van der Waals surface area contributed by atoms with Crippen LogP contribution < -0.4 is 4.74 Å². The molecule has 7 nitrogen and oxygen atoms in total. The van der Waals surface area contributed by atoms with Crippen LogP contribution in [0.15, 0.2) is 85.3 Å². The number of carbonyl (C=O) groups is 1. The molecule has 178 valence electrons. The molecule has 35 heavy (non-hydrogen) atoms. The highest BCUT2D eigenvalue weighted by molar-refractivity contribution is 6.30. The number of halogens is 1. The van der Waals surface area contributed by atoms with E-state index >= 15 is 0 Å². The van der Waals surface area contributed by atoms with Gasteiger partial charge in [0.25, 0.3) is 5.91 Å². The van der Waals surface area contributed by atoms with Crippen molar-refractivity contribution in [2.75, 3.05) is 39.3 Å². The molecule has 0 radical (unpaired) electrons. The number of nitrogens with zero attached hydrogens (tertiary/aromatic N) is 5. The van der Waals surface area contributed by atoms with Gasteiger partial charge in [-0.2, -0.15) is 5.10 Å². The van der Waals surface area contributed by atoms with E-state index in [-0.39, 0.29) is 5.91 Å². The summed E-state index contributed by atoms with van der Waals surface area (Å²) in [7, 11) is 0. The summed E-state index contributed by atoms with van der Waals surface area (Å²) in [6, 6.07) is 21.0. The zero-order chi connectivity index (χ0) is 24.0. The summed E-state index contributed by atoms with van der Waals surface area (Å²) in [5.41, 5.74) is 2.96. The summed E-state index contributed by atoms with van der Waals surface area (Å²) in [4.78, 5) is 22.0. The van der Waals surface area contributed by atoms with Crippen LogP contribution in [0.4, 0.5) is 0 Å². The van der Waals surface area contributed by atoms with Crippen LogP contribution in [0, 0.1) is 0 Å². The number of carbonyl (C=O) groups excluding carboxylic acids is 1. The molecule has 2 aromatic heterocycles. The number of amides is 1. The summed E-state index contributed by atoms with van der Waals surface area (Å²) in [5, 5.41) is 5.44. The van der Waals surface area contributed by atoms with Crippen molar-refractivity contribution < 1.29 is 9.53 Å². The molecule has 1 aliphatic rings. The number of pyridine rings is 1. The zero-order valence-corrected chi connectivity index (χ0v) is 20.0. The normalized spacial score (nSPS) is 14.1. The van der Waals surface area contributed by atoms with Crippen LogP contribution in [0.1, 0.15) is 10.4 Å². The zero-order valence-electron chi connectivity index (χ0n) is 19.3. The average Bonchev–Trinajstić information content (AvgIpc) is 3.36. The summed E-state index contributed by atoms with van der Waals surface area (Å²) in [6.45, 7) is 4.29. The second kappa shape index (κ2) is 10.7. The van der Waals surface area contributed by atoms with E-state index in [1.54, 1.807) is 17.1 Å². The largest absolute Gasteiger partial charge is 0.492 e. The monoisotopic (exact) mass is 487 g/mol. The summed E-state index contributed by atoms with van der Waals surface area (Å²) in [5.74, 6) is 0.796. The van der Waals surface area contributed by atoms with Crippen molar-refractivity contribution in [1.29, 1.82) is 0 Å². The molecule has 5 rings (SSSR count). The molecule has 1 fully saturated rings. The van der Waals surface area contributed by atoms with Crippen LogP contribution >= 0.6 is 11.6 Å². The molecule has 8 heteroatoms. The van der Waals surface area contributed by atoms with Crippen LogP contribution in [0.25, 0.3) is 16.9 Å². The number of rotatable bonds is 7. The Labute approximate surface area is 209 Å². The molecule has 0 unspecified atom stereocenters. The third-order valence-electron chi connectivity index (χ3n) is 6.05. The first-order valence-electron chi connectivity index (χ1n) is 11.6. The van der Waals surface area contributed by atoms with Crippen LogP contribution in [0.3, 0.4) is 0 Å². The van der Waals surface area contributed by atoms with Gasteiger partial charge in [-0.1, -0.05) is 29.8 Å². The van der Waals surface area contributed by atoms with Crippen molar-refractivity contribution in [1.82, 2.24) is 24.6 Å². The molecule has 0 aliphatic carbocycles. The SMILES string of the molecule is O=C(c1cn(-c2ccccc2)nc1-c1cccnc1)N1CCN(CCOc2ccc(Cl)cc2)CC1. The Hall–Kier alpha value is -3.68. The van der Waals surface area contributed by atoms with Crippen LogP contribution in [0.5, 0.6) is 5.75 Å². The Morgan fingerprint density at radius 1 is 0.943 bits per heavy atom. The Balaban J connectivity index is 1.25. The molecule has 0 atom stereocenters. The molecule has 4 aromatic rings. The third-order valence-corrected chi connectivity index (χ3v) is 6.30. The molecular weight excluding hydrogens is 462 g/mol. The molecule has 1 amide bonds. The second-order valence-corrected chi connectivity index (χ2v) is 8.79. The van der Waals surface area contributed by atoms with E-state index in [2.05, 4.69) is 9.88 Å². The number of hydrogen-bond donors (Lipinski definition) is 0. The molecule has 2 aromatic carbocycles. The molecule has 0 bridgehead atoms. The van der Waals surface area contributed by atoms with Crippen molar-refractivity contribution in [3.63, 3.8) is 0 Å². The lowest BCUT2D eigenvalue weighted by molar-refractivity contribution is 0.0621. The Morgan fingerprint density at radius 3 is 2.43 bits per heavy atom. The minimum atomic E-state index is -0.0110. The highest BCUT2D eigenvalue weighted by Gasteiger charge is 2.26. The van der Waals surface area contributed by atoms with Crippen LogP contribution in [0.2, 0.25) is 5.02 Å². The van der Waals surface area contributed by atoms with E-state index in [0.717, 1.165) is 36.6 Å². The second-order valence-electron chi connectivity index (χ2n) is 8.35. The molecule has 3 heterocycles. The number of aromatic nitrogens is 3. The minimum Gasteiger partial charge on any atom is -0.492 e. The maximum Gasteiger partial charge on any atom is 0.257 e. The van der Waals surface area contributed by atoms with Gasteiger partial charge in [0.15, 0.2) is 0 Å². The van der Waals surface area contributed by atoms with Gasteiger partial charge in [-0.15, -0.1) is 0 Å². The Morgan fingerprint density at radius 2 is 1.71 bits per heavy atom. The first-order valence-corrected chi connectivity index (χ1v) is 12.0. The maximum atomic E-state index is 13.6. The summed E-state index contributed by atoms with van der Waals surface area (Å²) >= 11 is 5.92. The van der Waals surface area contributed by atoms with Gasteiger partial charge in [0.1, 0.15) is 18.1 Å². The van der Waals surface area contributed by atoms with Gasteiger partial charge in [-0.3, -0.25) is 14.7 Å². The maximum absolute atomic E-state index is 13.6. The first-order chi connectivity index (χ1) is 17.2. The molecule has 1 saturated heterocycles. The fourth-order valence-electron chi connectivity index (χ4n) is 4.13. The van der Waals surface area contributed by atoms with E-state index in [1.165, 1.54) is 0 Å². The lowest BCUT2D eigenvalue weighted by atomic mass is 10.1. The Bertz CT molecular complexity index is 1250. The fourth-order valence-corrected chi connectivity index (χ4v) is 4.25. The van der Waals surface area contributed by atoms with Crippen molar-refractivity contribution in [2.45, 2.75) is 0 Å². The Kier molecular flexibility index (Phi) is 7.07. The van der Waals surface area contributed by atoms with E-state index in [4.69, 9.17) is 21.4 Å². The van der Waals surface area contributed by atoms with Crippen molar-refractivity contribution in [3.05, 3.63) is 95.9 Å². The quantitative estimate of drug-likeness (QED) is 0.386. The van der Waals surface area contributed by atoms with E-state index in [1.807, 2.05) is 77.8 Å². The van der Waals surface area contributed by atoms with Gasteiger partial charge in [0, 0.05) is 61.9 Å². The van der Waals surface area contributed by atoms with E-state index in [9.17, 15) is 4.79 Å². The fraction of sp³-hybridized carbons (Fsp3) is 0.222. The lowest BCUT2D eigenvalue weighted by Crippen LogP contribution is -2.49. The van der Waals surface area contributed by atoms with Crippen molar-refractivity contribution in [3.8, 4) is 22.7 Å². The summed E-state index contributed by atoms with van der Waals surface area (Å²) in [6.07, 6.45) is 5.29. The average molecular weight is 488 g/mol. The predicted molar refractivity (Wildman–Crippen MR) is 136 cm³/mol. The van der Waals surface area contributed by atoms with E-state index < -0.39 is 0 Å². The van der Waals surface area contributed by atoms with Gasteiger partial charge < -0.3 is 9.64 Å². The van der Waals surface area contributed by atoms with Crippen LogP contribution in [-0.2, 0) is 0 Å². The molecule has 0 spiro atoms. The smallest absolute Gasteiger partial charge is 0.257 e. The lowest BCUT2D eigenvalue weighted by Gasteiger charge is -2.34.